The highest BCUT2D eigenvalue weighted by atomic mass is 79.9. The summed E-state index contributed by atoms with van der Waals surface area (Å²) < 4.78 is 1.02. The van der Waals surface area contributed by atoms with Crippen LogP contribution in [0.2, 0.25) is 0 Å². The van der Waals surface area contributed by atoms with E-state index in [0.29, 0.717) is 6.04 Å². The van der Waals surface area contributed by atoms with E-state index in [0.717, 1.165) is 22.9 Å². The zero-order chi connectivity index (χ0) is 11.5. The SMILES string of the molecule is Cc1ccc(/C=C/C(=O)NC2CC2)c(Br)c1. The fourth-order valence-corrected chi connectivity index (χ4v) is 2.04. The summed E-state index contributed by atoms with van der Waals surface area (Å²) in [6, 6.07) is 6.49. The topological polar surface area (TPSA) is 29.1 Å². The van der Waals surface area contributed by atoms with Crippen molar-refractivity contribution in [2.24, 2.45) is 0 Å². The Morgan fingerprint density at radius 3 is 2.88 bits per heavy atom. The highest BCUT2D eigenvalue weighted by molar-refractivity contribution is 9.10. The number of carbonyl (C=O) groups excluding carboxylic acids is 1. The largest absolute Gasteiger partial charge is 0.350 e. The molecular formula is C13H14BrNO. The van der Waals surface area contributed by atoms with Crippen molar-refractivity contribution < 1.29 is 4.79 Å². The van der Waals surface area contributed by atoms with Crippen LogP contribution in [0.3, 0.4) is 0 Å². The van der Waals surface area contributed by atoms with Gasteiger partial charge in [-0.05, 0) is 43.0 Å². The smallest absolute Gasteiger partial charge is 0.244 e. The lowest BCUT2D eigenvalue weighted by molar-refractivity contribution is -0.116. The number of nitrogens with one attached hydrogen (secondary N) is 1. The van der Waals surface area contributed by atoms with E-state index in [4.69, 9.17) is 0 Å². The molecule has 1 amide bonds. The Hall–Kier alpha value is -1.09. The molecule has 0 aliphatic heterocycles. The maximum atomic E-state index is 11.4. The fourth-order valence-electron chi connectivity index (χ4n) is 1.41. The summed E-state index contributed by atoms with van der Waals surface area (Å²) >= 11 is 3.48. The van der Waals surface area contributed by atoms with Gasteiger partial charge in [0.25, 0.3) is 0 Å². The van der Waals surface area contributed by atoms with Gasteiger partial charge in [-0.15, -0.1) is 0 Å². The quantitative estimate of drug-likeness (QED) is 0.847. The van der Waals surface area contributed by atoms with E-state index >= 15 is 0 Å². The Kier molecular flexibility index (Phi) is 3.44. The second-order valence-electron chi connectivity index (χ2n) is 4.14. The van der Waals surface area contributed by atoms with Gasteiger partial charge in [0, 0.05) is 16.6 Å². The van der Waals surface area contributed by atoms with Crippen molar-refractivity contribution in [1.82, 2.24) is 5.32 Å². The predicted molar refractivity (Wildman–Crippen MR) is 69.1 cm³/mol. The zero-order valence-corrected chi connectivity index (χ0v) is 10.8. The van der Waals surface area contributed by atoms with Crippen LogP contribution < -0.4 is 5.32 Å². The molecule has 0 radical (unpaired) electrons. The highest BCUT2D eigenvalue weighted by Gasteiger charge is 2.21. The van der Waals surface area contributed by atoms with Gasteiger partial charge >= 0.3 is 0 Å². The van der Waals surface area contributed by atoms with Gasteiger partial charge in [0.1, 0.15) is 0 Å². The van der Waals surface area contributed by atoms with Crippen LogP contribution in [-0.2, 0) is 4.79 Å². The molecule has 1 aliphatic carbocycles. The molecule has 0 heterocycles. The molecule has 0 atom stereocenters. The van der Waals surface area contributed by atoms with Crippen molar-refractivity contribution in [3.63, 3.8) is 0 Å². The first-order valence-corrected chi connectivity index (χ1v) is 6.19. The second-order valence-corrected chi connectivity index (χ2v) is 5.00. The summed E-state index contributed by atoms with van der Waals surface area (Å²) in [7, 11) is 0. The molecule has 0 bridgehead atoms. The van der Waals surface area contributed by atoms with E-state index in [2.05, 4.69) is 21.2 Å². The molecule has 0 saturated heterocycles. The molecule has 1 saturated carbocycles. The number of aryl methyl sites for hydroxylation is 1. The lowest BCUT2D eigenvalue weighted by Gasteiger charge is -2.00. The van der Waals surface area contributed by atoms with Crippen LogP contribution in [0.4, 0.5) is 0 Å². The molecular weight excluding hydrogens is 266 g/mol. The summed E-state index contributed by atoms with van der Waals surface area (Å²) in [5, 5.41) is 2.91. The first-order chi connectivity index (χ1) is 7.65. The van der Waals surface area contributed by atoms with Crippen molar-refractivity contribution in [2.75, 3.05) is 0 Å². The van der Waals surface area contributed by atoms with Gasteiger partial charge in [0.2, 0.25) is 5.91 Å². The Balaban J connectivity index is 2.01. The lowest BCUT2D eigenvalue weighted by Crippen LogP contribution is -2.22. The summed E-state index contributed by atoms with van der Waals surface area (Å²) in [4.78, 5) is 11.4. The molecule has 84 valence electrons. The normalized spacial score (nSPS) is 15.4. The van der Waals surface area contributed by atoms with Crippen LogP contribution in [-0.4, -0.2) is 11.9 Å². The summed E-state index contributed by atoms with van der Waals surface area (Å²) in [6.45, 7) is 2.04. The Bertz CT molecular complexity index is 436. The van der Waals surface area contributed by atoms with Gasteiger partial charge in [0.05, 0.1) is 0 Å². The minimum atomic E-state index is -0.00465. The van der Waals surface area contributed by atoms with Crippen LogP contribution in [0.25, 0.3) is 6.08 Å². The van der Waals surface area contributed by atoms with Crippen molar-refractivity contribution >= 4 is 27.9 Å². The van der Waals surface area contributed by atoms with Crippen molar-refractivity contribution in [2.45, 2.75) is 25.8 Å². The van der Waals surface area contributed by atoms with Crippen LogP contribution in [0, 0.1) is 6.92 Å². The summed E-state index contributed by atoms with van der Waals surface area (Å²) in [5.41, 5.74) is 2.23. The van der Waals surface area contributed by atoms with E-state index in [-0.39, 0.29) is 5.91 Å². The number of hydrogen-bond acceptors (Lipinski definition) is 1. The predicted octanol–water partition coefficient (Wildman–Crippen LogP) is 3.05. The number of carbonyl (C=O) groups is 1. The first kappa shape index (κ1) is 11.4. The third kappa shape index (κ3) is 3.20. The number of amides is 1. The molecule has 3 heteroatoms. The second kappa shape index (κ2) is 4.83. The molecule has 1 aromatic rings. The van der Waals surface area contributed by atoms with Crippen LogP contribution in [0.1, 0.15) is 24.0 Å². The molecule has 0 unspecified atom stereocenters. The van der Waals surface area contributed by atoms with Gasteiger partial charge in [-0.2, -0.15) is 0 Å². The lowest BCUT2D eigenvalue weighted by atomic mass is 10.1. The van der Waals surface area contributed by atoms with Crippen LogP contribution >= 0.6 is 15.9 Å². The maximum absolute atomic E-state index is 11.4. The minimum absolute atomic E-state index is 0.00465. The van der Waals surface area contributed by atoms with E-state index in [1.165, 1.54) is 5.56 Å². The van der Waals surface area contributed by atoms with E-state index in [9.17, 15) is 4.79 Å². The molecule has 1 aliphatic rings. The van der Waals surface area contributed by atoms with Crippen molar-refractivity contribution in [3.05, 3.63) is 39.9 Å². The molecule has 2 nitrogen and oxygen atoms in total. The minimum Gasteiger partial charge on any atom is -0.350 e. The molecule has 0 aromatic heterocycles. The Labute approximate surface area is 104 Å². The third-order valence-corrected chi connectivity index (χ3v) is 3.18. The highest BCUT2D eigenvalue weighted by Crippen LogP contribution is 2.20. The molecule has 2 rings (SSSR count). The number of hydrogen-bond donors (Lipinski definition) is 1. The molecule has 1 fully saturated rings. The summed E-state index contributed by atoms with van der Waals surface area (Å²) in [5.74, 6) is -0.00465. The van der Waals surface area contributed by atoms with Gasteiger partial charge < -0.3 is 5.32 Å². The first-order valence-electron chi connectivity index (χ1n) is 5.40. The number of benzene rings is 1. The average Bonchev–Trinajstić information content (AvgIpc) is 3.00. The van der Waals surface area contributed by atoms with E-state index < -0.39 is 0 Å². The molecule has 16 heavy (non-hydrogen) atoms. The Morgan fingerprint density at radius 1 is 1.50 bits per heavy atom. The van der Waals surface area contributed by atoms with Gasteiger partial charge in [-0.1, -0.05) is 28.1 Å². The molecule has 1 aromatic carbocycles. The van der Waals surface area contributed by atoms with Crippen molar-refractivity contribution in [3.8, 4) is 0 Å². The maximum Gasteiger partial charge on any atom is 0.244 e. The third-order valence-electron chi connectivity index (χ3n) is 2.49. The Morgan fingerprint density at radius 2 is 2.25 bits per heavy atom. The van der Waals surface area contributed by atoms with E-state index in [1.54, 1.807) is 6.08 Å². The summed E-state index contributed by atoms with van der Waals surface area (Å²) in [6.07, 6.45) is 5.66. The molecule has 0 spiro atoms. The van der Waals surface area contributed by atoms with Crippen molar-refractivity contribution in [1.29, 1.82) is 0 Å². The zero-order valence-electron chi connectivity index (χ0n) is 9.16. The van der Waals surface area contributed by atoms with Crippen LogP contribution in [0.15, 0.2) is 28.7 Å². The van der Waals surface area contributed by atoms with Gasteiger partial charge in [0.15, 0.2) is 0 Å². The number of rotatable bonds is 3. The van der Waals surface area contributed by atoms with Gasteiger partial charge in [-0.25, -0.2) is 0 Å². The average molecular weight is 280 g/mol. The van der Waals surface area contributed by atoms with Crippen LogP contribution in [0.5, 0.6) is 0 Å². The van der Waals surface area contributed by atoms with E-state index in [1.807, 2.05) is 31.2 Å². The fraction of sp³-hybridized carbons (Fsp3) is 0.308. The standard InChI is InChI=1S/C13H14BrNO/c1-9-2-3-10(12(14)8-9)4-7-13(16)15-11-5-6-11/h2-4,7-8,11H,5-6H2,1H3,(H,15,16)/b7-4+. The monoisotopic (exact) mass is 279 g/mol. The molecule has 1 N–H and O–H groups in total. The number of halogens is 1. The van der Waals surface area contributed by atoms with Gasteiger partial charge in [-0.3, -0.25) is 4.79 Å².